The zero-order valence-corrected chi connectivity index (χ0v) is 18.3. The lowest BCUT2D eigenvalue weighted by Gasteiger charge is -2.24. The lowest BCUT2D eigenvalue weighted by molar-refractivity contribution is 0.0875. The maximum atomic E-state index is 13.9. The van der Waals surface area contributed by atoms with Crippen molar-refractivity contribution < 1.29 is 13.9 Å². The molecule has 1 aliphatic rings. The third-order valence-corrected chi connectivity index (χ3v) is 5.34. The van der Waals surface area contributed by atoms with Gasteiger partial charge in [-0.2, -0.15) is 0 Å². The Morgan fingerprint density at radius 1 is 1.30 bits per heavy atom. The van der Waals surface area contributed by atoms with Crippen molar-refractivity contribution in [3.05, 3.63) is 51.9 Å². The van der Waals surface area contributed by atoms with Gasteiger partial charge in [0.1, 0.15) is 11.6 Å². The number of ether oxygens (including phenoxy) is 1. The molecule has 0 saturated carbocycles. The van der Waals surface area contributed by atoms with Crippen molar-refractivity contribution in [2.24, 2.45) is 5.92 Å². The molecule has 0 aliphatic carbocycles. The number of hydrogen-bond donors (Lipinski definition) is 3. The van der Waals surface area contributed by atoms with Crippen molar-refractivity contribution in [1.82, 2.24) is 10.3 Å². The number of halogens is 2. The number of fused-ring (bicyclic) bond motifs is 2. The van der Waals surface area contributed by atoms with Gasteiger partial charge in [0.2, 0.25) is 0 Å². The van der Waals surface area contributed by atoms with E-state index < -0.39 is 17.9 Å². The van der Waals surface area contributed by atoms with Crippen molar-refractivity contribution >= 4 is 29.1 Å². The number of amides is 2. The molecule has 0 saturated heterocycles. The Bertz CT molecular complexity index is 909. The number of nitrogens with zero attached hydrogens (tertiary/aromatic N) is 1. The molecule has 2 atom stereocenters. The summed E-state index contributed by atoms with van der Waals surface area (Å²) in [5.74, 6) is 0.178. The van der Waals surface area contributed by atoms with Crippen LogP contribution in [0.25, 0.3) is 0 Å². The zero-order chi connectivity index (χ0) is 21.7. The second-order valence-electron chi connectivity index (χ2n) is 7.54. The fourth-order valence-corrected chi connectivity index (χ4v) is 3.69. The highest BCUT2D eigenvalue weighted by Crippen LogP contribution is 2.27. The van der Waals surface area contributed by atoms with E-state index in [1.54, 1.807) is 6.07 Å². The van der Waals surface area contributed by atoms with Gasteiger partial charge in [0.25, 0.3) is 0 Å². The van der Waals surface area contributed by atoms with E-state index in [-0.39, 0.29) is 17.5 Å². The van der Waals surface area contributed by atoms with Gasteiger partial charge in [-0.25, -0.2) is 14.2 Å². The Morgan fingerprint density at radius 3 is 2.80 bits per heavy atom. The summed E-state index contributed by atoms with van der Waals surface area (Å²) in [6, 6.07) is 5.43. The lowest BCUT2D eigenvalue weighted by atomic mass is 10.0. The lowest BCUT2D eigenvalue weighted by Crippen LogP contribution is -2.36. The van der Waals surface area contributed by atoms with Crippen molar-refractivity contribution in [1.29, 1.82) is 0 Å². The Kier molecular flexibility index (Phi) is 7.50. The van der Waals surface area contributed by atoms with E-state index in [2.05, 4.69) is 29.8 Å². The van der Waals surface area contributed by atoms with Crippen LogP contribution < -0.4 is 16.0 Å². The molecule has 1 aromatic heterocycles. The summed E-state index contributed by atoms with van der Waals surface area (Å²) >= 11 is 5.80. The van der Waals surface area contributed by atoms with Crippen LogP contribution in [0.5, 0.6) is 0 Å². The summed E-state index contributed by atoms with van der Waals surface area (Å²) in [5, 5.41) is 9.13. The highest BCUT2D eigenvalue weighted by molar-refractivity contribution is 6.30. The van der Waals surface area contributed by atoms with Crippen molar-refractivity contribution in [3.8, 4) is 0 Å². The average Bonchev–Trinajstić information content (AvgIpc) is 2.70. The molecule has 1 aliphatic heterocycles. The molecule has 162 valence electrons. The molecule has 8 heteroatoms. The number of urea groups is 1. The standard InChI is InChI=1S/C22H28ClFN4O2/c1-4-14-10-20-26-18(21(14)25-5-2)8-13(3)11-30-12-19(27-22(29)28-20)15-6-7-16(23)17(24)9-15/h6-7,9-10,13,19,25H,4-5,8,11-12H2,1-3H3,(H2,26,27,28,29)/t13-,19+/m0/s1. The van der Waals surface area contributed by atoms with E-state index in [1.165, 1.54) is 12.1 Å². The number of pyridine rings is 1. The molecule has 0 radical (unpaired) electrons. The van der Waals surface area contributed by atoms with E-state index in [9.17, 15) is 9.18 Å². The van der Waals surface area contributed by atoms with Gasteiger partial charge in [0.05, 0.1) is 29.1 Å². The minimum absolute atomic E-state index is 0.0375. The molecule has 30 heavy (non-hydrogen) atoms. The zero-order valence-electron chi connectivity index (χ0n) is 17.5. The molecular formula is C22H28ClFN4O2. The summed E-state index contributed by atoms with van der Waals surface area (Å²) in [4.78, 5) is 17.4. The fraction of sp³-hybridized carbons (Fsp3) is 0.455. The molecule has 0 unspecified atom stereocenters. The van der Waals surface area contributed by atoms with Crippen LogP contribution in [0.15, 0.2) is 24.3 Å². The van der Waals surface area contributed by atoms with E-state index in [4.69, 9.17) is 21.3 Å². The normalized spacial score (nSPS) is 19.8. The number of benzene rings is 1. The van der Waals surface area contributed by atoms with Crippen molar-refractivity contribution in [3.63, 3.8) is 0 Å². The third kappa shape index (κ3) is 5.40. The first kappa shape index (κ1) is 22.3. The van der Waals surface area contributed by atoms with E-state index >= 15 is 0 Å². The molecule has 2 amide bonds. The highest BCUT2D eigenvalue weighted by atomic mass is 35.5. The summed E-state index contributed by atoms with van der Waals surface area (Å²) in [6.07, 6.45) is 1.53. The van der Waals surface area contributed by atoms with Crippen LogP contribution in [0.4, 0.5) is 20.7 Å². The van der Waals surface area contributed by atoms with Crippen LogP contribution in [-0.4, -0.2) is 30.8 Å². The molecule has 0 fully saturated rings. The number of hydrogen-bond acceptors (Lipinski definition) is 4. The molecular weight excluding hydrogens is 407 g/mol. The van der Waals surface area contributed by atoms with Crippen LogP contribution in [0.1, 0.15) is 43.6 Å². The number of rotatable bonds is 4. The number of anilines is 2. The Labute approximate surface area is 181 Å². The van der Waals surface area contributed by atoms with Crippen LogP contribution in [-0.2, 0) is 17.6 Å². The monoisotopic (exact) mass is 434 g/mol. The van der Waals surface area contributed by atoms with E-state index in [1.807, 2.05) is 13.0 Å². The first-order chi connectivity index (χ1) is 14.4. The number of aryl methyl sites for hydroxylation is 1. The van der Waals surface area contributed by atoms with Crippen LogP contribution in [0.2, 0.25) is 5.02 Å². The smallest absolute Gasteiger partial charge is 0.320 e. The summed E-state index contributed by atoms with van der Waals surface area (Å²) in [5.41, 5.74) is 3.63. The van der Waals surface area contributed by atoms with Gasteiger partial charge in [-0.1, -0.05) is 31.5 Å². The van der Waals surface area contributed by atoms with Gasteiger partial charge in [0, 0.05) is 13.2 Å². The first-order valence-corrected chi connectivity index (χ1v) is 10.7. The second-order valence-corrected chi connectivity index (χ2v) is 7.95. The molecule has 2 bridgehead atoms. The van der Waals surface area contributed by atoms with Crippen molar-refractivity contribution in [2.45, 2.75) is 39.7 Å². The quantitative estimate of drug-likeness (QED) is 0.637. The van der Waals surface area contributed by atoms with Gasteiger partial charge < -0.3 is 15.4 Å². The predicted molar refractivity (Wildman–Crippen MR) is 118 cm³/mol. The fourth-order valence-electron chi connectivity index (χ4n) is 3.58. The molecule has 2 heterocycles. The third-order valence-electron chi connectivity index (χ3n) is 5.03. The van der Waals surface area contributed by atoms with Gasteiger partial charge in [-0.3, -0.25) is 5.32 Å². The van der Waals surface area contributed by atoms with Crippen molar-refractivity contribution in [2.75, 3.05) is 30.4 Å². The van der Waals surface area contributed by atoms with Crippen LogP contribution >= 0.6 is 11.6 Å². The number of carbonyl (C=O) groups is 1. The average molecular weight is 435 g/mol. The Hall–Kier alpha value is -2.38. The molecule has 0 spiro atoms. The number of carbonyl (C=O) groups excluding carboxylic acids is 1. The first-order valence-electron chi connectivity index (χ1n) is 10.3. The molecule has 3 rings (SSSR count). The van der Waals surface area contributed by atoms with Crippen LogP contribution in [0, 0.1) is 11.7 Å². The maximum Gasteiger partial charge on any atom is 0.320 e. The highest BCUT2D eigenvalue weighted by Gasteiger charge is 2.21. The number of aromatic nitrogens is 1. The Morgan fingerprint density at radius 2 is 2.10 bits per heavy atom. The van der Waals surface area contributed by atoms with Gasteiger partial charge in [-0.15, -0.1) is 0 Å². The molecule has 3 N–H and O–H groups in total. The van der Waals surface area contributed by atoms with E-state index in [0.29, 0.717) is 24.4 Å². The summed E-state index contributed by atoms with van der Waals surface area (Å²) in [7, 11) is 0. The summed E-state index contributed by atoms with van der Waals surface area (Å²) < 4.78 is 19.8. The topological polar surface area (TPSA) is 75.3 Å². The number of nitrogens with one attached hydrogen (secondary N) is 3. The minimum atomic E-state index is -0.534. The Balaban J connectivity index is 1.92. The summed E-state index contributed by atoms with van der Waals surface area (Å²) in [6.45, 7) is 7.73. The van der Waals surface area contributed by atoms with E-state index in [0.717, 1.165) is 29.9 Å². The predicted octanol–water partition coefficient (Wildman–Crippen LogP) is 4.94. The minimum Gasteiger partial charge on any atom is -0.384 e. The molecule has 6 nitrogen and oxygen atoms in total. The SMILES string of the molecule is CCNc1c(CC)cc2nc1C[C@H](C)COC[C@H](c1ccc(Cl)c(F)c1)NC(=O)N2. The van der Waals surface area contributed by atoms with Crippen LogP contribution in [0.3, 0.4) is 0 Å². The molecule has 1 aromatic carbocycles. The maximum absolute atomic E-state index is 13.9. The van der Waals surface area contributed by atoms with Gasteiger partial charge >= 0.3 is 6.03 Å². The largest absolute Gasteiger partial charge is 0.384 e. The second kappa shape index (κ2) is 10.1. The molecule has 2 aromatic rings. The van der Waals surface area contributed by atoms with Gasteiger partial charge in [-0.05, 0) is 55.0 Å². The van der Waals surface area contributed by atoms with Gasteiger partial charge in [0.15, 0.2) is 0 Å².